The van der Waals surface area contributed by atoms with Gasteiger partial charge in [0.1, 0.15) is 15.9 Å². The molecule has 1 atom stereocenters. The normalized spacial score (nSPS) is 18.7. The first-order valence-corrected chi connectivity index (χ1v) is 9.22. The Morgan fingerprint density at radius 2 is 1.91 bits per heavy atom. The molecule has 0 spiro atoms. The molecule has 1 aromatic rings. The van der Waals surface area contributed by atoms with E-state index in [1.807, 2.05) is 0 Å². The summed E-state index contributed by atoms with van der Waals surface area (Å²) < 4.78 is 22.3. The number of nitrogens with zero attached hydrogens (tertiary/aromatic N) is 1. The second-order valence-corrected chi connectivity index (χ2v) is 8.17. The van der Waals surface area contributed by atoms with E-state index in [9.17, 15) is 18.0 Å². The van der Waals surface area contributed by atoms with E-state index < -0.39 is 27.8 Å². The number of imide groups is 1. The van der Waals surface area contributed by atoms with Crippen molar-refractivity contribution in [1.82, 2.24) is 10.2 Å². The SMILES string of the molecule is CS(=O)(=O)CCC1NC(=O)N(Cc2ccc(Cl)c(Cl)c2)C1=O. The van der Waals surface area contributed by atoms with Gasteiger partial charge in [-0.25, -0.2) is 13.2 Å². The molecule has 0 saturated carbocycles. The summed E-state index contributed by atoms with van der Waals surface area (Å²) in [5, 5.41) is 3.20. The quantitative estimate of drug-likeness (QED) is 0.808. The molecule has 1 unspecified atom stereocenters. The Hall–Kier alpha value is -1.31. The van der Waals surface area contributed by atoms with Gasteiger partial charge in [0.05, 0.1) is 22.3 Å². The van der Waals surface area contributed by atoms with Gasteiger partial charge in [0.2, 0.25) is 0 Å². The Balaban J connectivity index is 2.07. The fourth-order valence-electron chi connectivity index (χ4n) is 2.07. The first-order chi connectivity index (χ1) is 10.2. The Bertz CT molecular complexity index is 721. The van der Waals surface area contributed by atoms with Crippen molar-refractivity contribution in [1.29, 1.82) is 0 Å². The van der Waals surface area contributed by atoms with Crippen molar-refractivity contribution in [2.24, 2.45) is 0 Å². The van der Waals surface area contributed by atoms with Crippen molar-refractivity contribution in [3.05, 3.63) is 33.8 Å². The highest BCUT2D eigenvalue weighted by Crippen LogP contribution is 2.24. The standard InChI is InChI=1S/C13H14Cl2N2O4S/c1-22(20,21)5-4-11-12(18)17(13(19)16-11)7-8-2-3-9(14)10(15)6-8/h2-3,6,11H,4-5,7H2,1H3,(H,16,19). The molecule has 0 bridgehead atoms. The van der Waals surface area contributed by atoms with Gasteiger partial charge in [-0.2, -0.15) is 0 Å². The zero-order chi connectivity index (χ0) is 16.5. The lowest BCUT2D eigenvalue weighted by molar-refractivity contribution is -0.127. The zero-order valence-corrected chi connectivity index (χ0v) is 14.0. The summed E-state index contributed by atoms with van der Waals surface area (Å²) in [6, 6.07) is 3.46. The number of hydrogen-bond acceptors (Lipinski definition) is 4. The summed E-state index contributed by atoms with van der Waals surface area (Å²) in [6.07, 6.45) is 1.14. The van der Waals surface area contributed by atoms with Crippen molar-refractivity contribution < 1.29 is 18.0 Å². The largest absolute Gasteiger partial charge is 0.326 e. The maximum atomic E-state index is 12.2. The summed E-state index contributed by atoms with van der Waals surface area (Å²) in [5.74, 6) is -0.607. The number of amides is 3. The summed E-state index contributed by atoms with van der Waals surface area (Å²) in [4.78, 5) is 25.1. The van der Waals surface area contributed by atoms with Crippen molar-refractivity contribution >= 4 is 45.0 Å². The molecule has 22 heavy (non-hydrogen) atoms. The molecular formula is C13H14Cl2N2O4S. The van der Waals surface area contributed by atoms with Crippen LogP contribution in [0.2, 0.25) is 10.0 Å². The average Bonchev–Trinajstić information content (AvgIpc) is 2.67. The Morgan fingerprint density at radius 1 is 1.23 bits per heavy atom. The van der Waals surface area contributed by atoms with E-state index in [0.29, 0.717) is 15.6 Å². The van der Waals surface area contributed by atoms with Gasteiger partial charge in [0.25, 0.3) is 5.91 Å². The highest BCUT2D eigenvalue weighted by atomic mass is 35.5. The summed E-state index contributed by atoms with van der Waals surface area (Å²) in [7, 11) is -3.19. The first kappa shape index (κ1) is 17.1. The van der Waals surface area contributed by atoms with E-state index in [1.54, 1.807) is 18.2 Å². The maximum Gasteiger partial charge on any atom is 0.325 e. The van der Waals surface area contributed by atoms with Crippen molar-refractivity contribution in [2.45, 2.75) is 19.0 Å². The number of sulfone groups is 1. The van der Waals surface area contributed by atoms with Crippen LogP contribution in [0.4, 0.5) is 4.79 Å². The number of rotatable bonds is 5. The summed E-state index contributed by atoms with van der Waals surface area (Å²) in [5.41, 5.74) is 0.654. The van der Waals surface area contributed by atoms with Crippen LogP contribution in [0.15, 0.2) is 18.2 Å². The van der Waals surface area contributed by atoms with Crippen LogP contribution in [0.25, 0.3) is 0 Å². The molecule has 6 nitrogen and oxygen atoms in total. The number of benzene rings is 1. The molecule has 1 saturated heterocycles. The number of carbonyl (C=O) groups is 2. The molecule has 1 aromatic carbocycles. The fourth-order valence-corrected chi connectivity index (χ4v) is 3.06. The van der Waals surface area contributed by atoms with Gasteiger partial charge in [-0.1, -0.05) is 29.3 Å². The molecule has 1 aliphatic heterocycles. The number of hydrogen-bond donors (Lipinski definition) is 1. The van der Waals surface area contributed by atoms with Crippen LogP contribution in [0.5, 0.6) is 0 Å². The summed E-state index contributed by atoms with van der Waals surface area (Å²) in [6.45, 7) is 0.0525. The molecule has 120 valence electrons. The fraction of sp³-hybridized carbons (Fsp3) is 0.385. The topological polar surface area (TPSA) is 83.6 Å². The lowest BCUT2D eigenvalue weighted by Gasteiger charge is -2.13. The molecule has 3 amide bonds. The maximum absolute atomic E-state index is 12.2. The van der Waals surface area contributed by atoms with E-state index >= 15 is 0 Å². The molecule has 1 heterocycles. The second-order valence-electron chi connectivity index (χ2n) is 5.09. The third-order valence-corrected chi connectivity index (χ3v) is 4.93. The number of nitrogens with one attached hydrogen (secondary N) is 1. The minimum absolute atomic E-state index is 0.0525. The van der Waals surface area contributed by atoms with E-state index in [-0.39, 0.29) is 18.7 Å². The average molecular weight is 365 g/mol. The number of carbonyl (C=O) groups excluding carboxylic acids is 2. The van der Waals surface area contributed by atoms with E-state index in [4.69, 9.17) is 23.2 Å². The molecule has 1 fully saturated rings. The second kappa shape index (κ2) is 6.44. The molecule has 1 aliphatic rings. The van der Waals surface area contributed by atoms with Gasteiger partial charge in [0, 0.05) is 6.26 Å². The smallest absolute Gasteiger partial charge is 0.325 e. The van der Waals surface area contributed by atoms with Gasteiger partial charge < -0.3 is 5.32 Å². The van der Waals surface area contributed by atoms with Crippen LogP contribution < -0.4 is 5.32 Å². The van der Waals surface area contributed by atoms with Gasteiger partial charge in [-0.05, 0) is 24.1 Å². The zero-order valence-electron chi connectivity index (χ0n) is 11.7. The van der Waals surface area contributed by atoms with Crippen LogP contribution in [0.1, 0.15) is 12.0 Å². The molecule has 0 radical (unpaired) electrons. The van der Waals surface area contributed by atoms with Gasteiger partial charge in [-0.3, -0.25) is 9.69 Å². The van der Waals surface area contributed by atoms with Crippen molar-refractivity contribution in [3.63, 3.8) is 0 Å². The molecule has 9 heteroatoms. The molecular weight excluding hydrogens is 351 g/mol. The molecule has 2 rings (SSSR count). The third kappa shape index (κ3) is 4.12. The minimum atomic E-state index is -3.19. The Kier molecular flexibility index (Phi) is 4.99. The lowest BCUT2D eigenvalue weighted by Crippen LogP contribution is -2.32. The van der Waals surface area contributed by atoms with Crippen molar-refractivity contribution in [3.8, 4) is 0 Å². The predicted octanol–water partition coefficient (Wildman–Crippen LogP) is 1.85. The lowest BCUT2D eigenvalue weighted by atomic mass is 10.2. The van der Waals surface area contributed by atoms with E-state index in [2.05, 4.69) is 5.32 Å². The van der Waals surface area contributed by atoms with Crippen LogP contribution in [0.3, 0.4) is 0 Å². The van der Waals surface area contributed by atoms with Gasteiger partial charge in [0.15, 0.2) is 0 Å². The van der Waals surface area contributed by atoms with Crippen LogP contribution in [-0.2, 0) is 21.2 Å². The van der Waals surface area contributed by atoms with Crippen LogP contribution in [-0.4, -0.2) is 43.3 Å². The molecule has 0 aromatic heterocycles. The van der Waals surface area contributed by atoms with E-state index in [0.717, 1.165) is 11.2 Å². The highest BCUT2D eigenvalue weighted by molar-refractivity contribution is 7.90. The number of urea groups is 1. The number of halogens is 2. The molecule has 1 N–H and O–H groups in total. The molecule has 0 aliphatic carbocycles. The Morgan fingerprint density at radius 3 is 2.50 bits per heavy atom. The monoisotopic (exact) mass is 364 g/mol. The Labute approximate surface area is 138 Å². The van der Waals surface area contributed by atoms with Crippen LogP contribution >= 0.6 is 23.2 Å². The minimum Gasteiger partial charge on any atom is -0.326 e. The summed E-state index contributed by atoms with van der Waals surface area (Å²) >= 11 is 11.7. The highest BCUT2D eigenvalue weighted by Gasteiger charge is 2.38. The first-order valence-electron chi connectivity index (χ1n) is 6.41. The van der Waals surface area contributed by atoms with E-state index in [1.165, 1.54) is 0 Å². The third-order valence-electron chi connectivity index (χ3n) is 3.21. The van der Waals surface area contributed by atoms with Gasteiger partial charge in [-0.15, -0.1) is 0 Å². The predicted molar refractivity (Wildman–Crippen MR) is 83.7 cm³/mol. The van der Waals surface area contributed by atoms with Crippen LogP contribution in [0, 0.1) is 0 Å². The van der Waals surface area contributed by atoms with Gasteiger partial charge >= 0.3 is 6.03 Å². The van der Waals surface area contributed by atoms with Crippen molar-refractivity contribution in [2.75, 3.05) is 12.0 Å².